The Morgan fingerprint density at radius 1 is 0.500 bits per heavy atom. The van der Waals surface area contributed by atoms with Crippen molar-refractivity contribution < 1.29 is 38.2 Å². The average Bonchev–Trinajstić information content (AvgIpc) is 3.23. The predicted octanol–water partition coefficient (Wildman–Crippen LogP) is 14.1. The number of carboxylic acid groups (broad SMARTS) is 1. The van der Waals surface area contributed by atoms with Gasteiger partial charge in [0.1, 0.15) is 6.61 Å². The Morgan fingerprint density at radius 3 is 1.39 bits per heavy atom. The predicted molar refractivity (Wildman–Crippen MR) is 261 cm³/mol. The summed E-state index contributed by atoms with van der Waals surface area (Å²) in [6, 6.07) is -0.628. The fourth-order valence-electron chi connectivity index (χ4n) is 6.74. The smallest absolute Gasteiger partial charge is 0.362 e. The van der Waals surface area contributed by atoms with Crippen molar-refractivity contribution in [1.82, 2.24) is 0 Å². The molecule has 0 aliphatic heterocycles. The van der Waals surface area contributed by atoms with Crippen LogP contribution in [0.4, 0.5) is 0 Å². The van der Waals surface area contributed by atoms with E-state index >= 15 is 0 Å². The first-order chi connectivity index (χ1) is 30.1. The standard InChI is InChI=1S/C54H91NO7/c1-6-8-10-12-14-16-18-20-22-24-25-26-27-29-31-33-35-37-39-41-43-45-53(57)62-50(48-60-47-46-51(54(58)59)55(3,4)5)49-61-52(56)44-42-40-38-36-34-32-30-28-23-21-19-17-15-13-11-9-7-2/h8,10,14,16,20-23,25-26,29,31,35,37,50-51H,6-7,9,11-13,15,17-19,24,27-28,30,32-34,36,38-49H2,1-5H3/p+1/b10-8+,16-14+,22-20+,23-21+,26-25+,31-29+,37-35+. The van der Waals surface area contributed by atoms with Crippen molar-refractivity contribution in [2.75, 3.05) is 41.0 Å². The quantitative estimate of drug-likeness (QED) is 0.0282. The molecule has 1 N–H and O–H groups in total. The van der Waals surface area contributed by atoms with Gasteiger partial charge in [-0.15, -0.1) is 0 Å². The van der Waals surface area contributed by atoms with Crippen molar-refractivity contribution in [2.45, 2.75) is 199 Å². The number of esters is 2. The molecule has 0 aromatic carbocycles. The molecular weight excluding hydrogens is 775 g/mol. The first-order valence-electron chi connectivity index (χ1n) is 24.6. The highest BCUT2D eigenvalue weighted by Gasteiger charge is 2.31. The molecule has 0 bridgehead atoms. The number of nitrogens with zero attached hydrogens (tertiary/aromatic N) is 1. The molecule has 0 aliphatic carbocycles. The lowest BCUT2D eigenvalue weighted by atomic mass is 10.1. The van der Waals surface area contributed by atoms with Crippen LogP contribution in [0.25, 0.3) is 0 Å². The SMILES string of the molecule is CC/C=C/C/C=C/C/C=C/C/C=C/C/C=C/C/C=C/CCCCC(=O)OC(COCCC(C(=O)O)[N+](C)(C)C)COC(=O)CCCCCCCCC/C=C/CCCCCCCC. The van der Waals surface area contributed by atoms with Crippen molar-refractivity contribution in [3.63, 3.8) is 0 Å². The second-order valence-electron chi connectivity index (χ2n) is 17.3. The number of unbranched alkanes of at least 4 members (excludes halogenated alkanes) is 15. The monoisotopic (exact) mass is 867 g/mol. The Hall–Kier alpha value is -3.49. The highest BCUT2D eigenvalue weighted by molar-refractivity contribution is 5.72. The number of rotatable bonds is 43. The fraction of sp³-hybridized carbons (Fsp3) is 0.685. The molecule has 0 heterocycles. The van der Waals surface area contributed by atoms with Crippen LogP contribution in [0.2, 0.25) is 0 Å². The van der Waals surface area contributed by atoms with Crippen molar-refractivity contribution in [2.24, 2.45) is 0 Å². The fourth-order valence-corrected chi connectivity index (χ4v) is 6.74. The molecule has 0 saturated carbocycles. The van der Waals surface area contributed by atoms with Crippen molar-refractivity contribution >= 4 is 17.9 Å². The van der Waals surface area contributed by atoms with E-state index in [0.717, 1.165) is 70.6 Å². The van der Waals surface area contributed by atoms with E-state index in [0.29, 0.717) is 19.3 Å². The Balaban J connectivity index is 4.39. The number of carbonyl (C=O) groups excluding carboxylic acids is 2. The number of likely N-dealkylation sites (N-methyl/N-ethyl adjacent to an activating group) is 1. The summed E-state index contributed by atoms with van der Waals surface area (Å²) in [5, 5.41) is 9.64. The molecule has 62 heavy (non-hydrogen) atoms. The molecule has 0 amide bonds. The third kappa shape index (κ3) is 41.8. The Kier molecular flexibility index (Phi) is 41.6. The Bertz CT molecular complexity index is 1290. The van der Waals surface area contributed by atoms with Gasteiger partial charge >= 0.3 is 17.9 Å². The van der Waals surface area contributed by atoms with Crippen LogP contribution in [0.1, 0.15) is 187 Å². The van der Waals surface area contributed by atoms with E-state index in [1.54, 1.807) is 0 Å². The largest absolute Gasteiger partial charge is 0.477 e. The van der Waals surface area contributed by atoms with Crippen molar-refractivity contribution in [1.29, 1.82) is 0 Å². The minimum Gasteiger partial charge on any atom is -0.477 e. The maximum absolute atomic E-state index is 12.8. The second kappa shape index (κ2) is 44.1. The maximum atomic E-state index is 12.8. The van der Waals surface area contributed by atoms with Gasteiger partial charge in [-0.1, -0.05) is 163 Å². The van der Waals surface area contributed by atoms with Crippen LogP contribution < -0.4 is 0 Å². The third-order valence-corrected chi connectivity index (χ3v) is 10.5. The lowest BCUT2D eigenvalue weighted by Crippen LogP contribution is -2.50. The number of allylic oxidation sites excluding steroid dienone is 14. The van der Waals surface area contributed by atoms with Gasteiger partial charge < -0.3 is 23.8 Å². The van der Waals surface area contributed by atoms with Gasteiger partial charge in [0.2, 0.25) is 0 Å². The lowest BCUT2D eigenvalue weighted by molar-refractivity contribution is -0.887. The zero-order valence-electron chi connectivity index (χ0n) is 40.3. The Labute approximate surface area is 380 Å². The molecular formula is C54H92NO7+. The number of hydrogen-bond acceptors (Lipinski definition) is 6. The number of carboxylic acids is 1. The van der Waals surface area contributed by atoms with Crippen molar-refractivity contribution in [3.8, 4) is 0 Å². The summed E-state index contributed by atoms with van der Waals surface area (Å²) in [6.45, 7) is 4.56. The minimum absolute atomic E-state index is 0.0377. The molecule has 0 rings (SSSR count). The molecule has 0 radical (unpaired) electrons. The summed E-state index contributed by atoms with van der Waals surface area (Å²) in [5.41, 5.74) is 0. The van der Waals surface area contributed by atoms with Crippen molar-refractivity contribution in [3.05, 3.63) is 85.1 Å². The zero-order valence-corrected chi connectivity index (χ0v) is 40.3. The van der Waals surface area contributed by atoms with Gasteiger partial charge in [-0.3, -0.25) is 9.59 Å². The molecule has 8 nitrogen and oxygen atoms in total. The lowest BCUT2D eigenvalue weighted by Gasteiger charge is -2.31. The minimum atomic E-state index is -0.885. The van der Waals surface area contributed by atoms with Crippen LogP contribution in [-0.4, -0.2) is 80.6 Å². The summed E-state index contributed by atoms with van der Waals surface area (Å²) >= 11 is 0. The molecule has 0 aromatic rings. The normalized spacial score (nSPS) is 13.6. The van der Waals surface area contributed by atoms with E-state index in [4.69, 9.17) is 14.2 Å². The van der Waals surface area contributed by atoms with Gasteiger partial charge in [-0.25, -0.2) is 4.79 Å². The molecule has 0 aliphatic rings. The molecule has 0 saturated heterocycles. The zero-order chi connectivity index (χ0) is 45.6. The molecule has 2 unspecified atom stereocenters. The van der Waals surface area contributed by atoms with Gasteiger partial charge in [0.15, 0.2) is 12.1 Å². The molecule has 354 valence electrons. The van der Waals surface area contributed by atoms with Crippen LogP contribution in [0, 0.1) is 0 Å². The van der Waals surface area contributed by atoms with E-state index < -0.39 is 18.1 Å². The highest BCUT2D eigenvalue weighted by Crippen LogP contribution is 2.13. The van der Waals surface area contributed by atoms with Gasteiger partial charge in [0.05, 0.1) is 34.4 Å². The maximum Gasteiger partial charge on any atom is 0.362 e. The van der Waals surface area contributed by atoms with Crippen LogP contribution in [0.15, 0.2) is 85.1 Å². The van der Waals surface area contributed by atoms with Crippen LogP contribution >= 0.6 is 0 Å². The molecule has 8 heteroatoms. The van der Waals surface area contributed by atoms with Crippen LogP contribution in [-0.2, 0) is 28.6 Å². The van der Waals surface area contributed by atoms with Gasteiger partial charge in [-0.2, -0.15) is 0 Å². The summed E-state index contributed by atoms with van der Waals surface area (Å²) in [4.78, 5) is 37.1. The number of ether oxygens (including phenoxy) is 3. The summed E-state index contributed by atoms with van der Waals surface area (Å²) in [5.74, 6) is -1.54. The first-order valence-corrected chi connectivity index (χ1v) is 24.6. The van der Waals surface area contributed by atoms with E-state index in [1.165, 1.54) is 77.0 Å². The summed E-state index contributed by atoms with van der Waals surface area (Å²) in [6.07, 6.45) is 57.7. The summed E-state index contributed by atoms with van der Waals surface area (Å²) in [7, 11) is 5.51. The topological polar surface area (TPSA) is 99.1 Å². The van der Waals surface area contributed by atoms with Gasteiger partial charge in [-0.05, 0) is 89.9 Å². The molecule has 0 fully saturated rings. The van der Waals surface area contributed by atoms with Crippen LogP contribution in [0.3, 0.4) is 0 Å². The molecule has 0 spiro atoms. The van der Waals surface area contributed by atoms with Gasteiger partial charge in [0.25, 0.3) is 0 Å². The van der Waals surface area contributed by atoms with E-state index in [-0.39, 0.29) is 42.7 Å². The number of hydrogen-bond donors (Lipinski definition) is 1. The molecule has 2 atom stereocenters. The highest BCUT2D eigenvalue weighted by atomic mass is 16.6. The number of aliphatic carboxylic acids is 1. The van der Waals surface area contributed by atoms with E-state index in [2.05, 4.69) is 98.9 Å². The second-order valence-corrected chi connectivity index (χ2v) is 17.3. The number of carbonyl (C=O) groups is 3. The first kappa shape index (κ1) is 58.5. The van der Waals surface area contributed by atoms with Gasteiger partial charge in [0, 0.05) is 19.3 Å². The third-order valence-electron chi connectivity index (χ3n) is 10.5. The summed E-state index contributed by atoms with van der Waals surface area (Å²) < 4.78 is 17.3. The number of quaternary nitrogens is 1. The molecule has 0 aromatic heterocycles. The Morgan fingerprint density at radius 2 is 0.903 bits per heavy atom. The van der Waals surface area contributed by atoms with E-state index in [1.807, 2.05) is 21.1 Å². The average molecular weight is 867 g/mol. The van der Waals surface area contributed by atoms with E-state index in [9.17, 15) is 19.5 Å². The van der Waals surface area contributed by atoms with Crippen LogP contribution in [0.5, 0.6) is 0 Å².